The van der Waals surface area contributed by atoms with Crippen molar-refractivity contribution in [2.75, 3.05) is 0 Å². The number of hydrogen-bond donors (Lipinski definition) is 2. The lowest BCUT2D eigenvalue weighted by molar-refractivity contribution is 0.138. The maximum absolute atomic E-state index is 10.7. The van der Waals surface area contributed by atoms with Crippen molar-refractivity contribution in [3.63, 3.8) is 0 Å². The maximum atomic E-state index is 10.7. The van der Waals surface area contributed by atoms with E-state index in [4.69, 9.17) is 8.85 Å². The van der Waals surface area contributed by atoms with E-state index in [0.29, 0.717) is 11.5 Å². The quantitative estimate of drug-likeness (QED) is 0.142. The van der Waals surface area contributed by atoms with E-state index in [9.17, 15) is 9.59 Å². The van der Waals surface area contributed by atoms with E-state index in [1.165, 1.54) is 77.0 Å². The summed E-state index contributed by atoms with van der Waals surface area (Å²) >= 11 is 0. The number of rotatable bonds is 20. The highest BCUT2D eigenvalue weighted by Gasteiger charge is 2.43. The lowest BCUT2D eigenvalue weighted by Gasteiger charge is -2.22. The van der Waals surface area contributed by atoms with Gasteiger partial charge in [-0.05, 0) is 48.9 Å². The lowest BCUT2D eigenvalue weighted by atomic mass is 10.0. The summed E-state index contributed by atoms with van der Waals surface area (Å²) in [4.78, 5) is 21.4. The molecule has 0 saturated heterocycles. The van der Waals surface area contributed by atoms with E-state index in [0.717, 1.165) is 36.8 Å². The molecule has 2 aromatic carbocycles. The van der Waals surface area contributed by atoms with Crippen LogP contribution in [0.4, 0.5) is 0 Å². The van der Waals surface area contributed by atoms with Gasteiger partial charge in [0.2, 0.25) is 0 Å². The normalized spacial score (nSPS) is 11.5. The van der Waals surface area contributed by atoms with Crippen LogP contribution in [0.3, 0.4) is 0 Å². The Balaban J connectivity index is 1.86. The highest BCUT2D eigenvalue weighted by molar-refractivity contribution is 6.52. The summed E-state index contributed by atoms with van der Waals surface area (Å²) in [6.07, 6.45) is 19.1. The highest BCUT2D eigenvalue weighted by Crippen LogP contribution is 2.26. The van der Waals surface area contributed by atoms with Gasteiger partial charge >= 0.3 is 9.05 Å². The van der Waals surface area contributed by atoms with Crippen molar-refractivity contribution < 1.29 is 18.4 Å². The van der Waals surface area contributed by atoms with Crippen molar-refractivity contribution in [1.29, 1.82) is 0 Å². The van der Waals surface area contributed by atoms with E-state index in [1.54, 1.807) is 12.1 Å². The van der Waals surface area contributed by atoms with Crippen LogP contribution in [0.15, 0.2) is 48.5 Å². The van der Waals surface area contributed by atoms with Gasteiger partial charge in [0.1, 0.15) is 11.5 Å². The molecule has 0 spiro atoms. The molecule has 0 aliphatic rings. The second kappa shape index (κ2) is 17.6. The van der Waals surface area contributed by atoms with Crippen LogP contribution in [0.2, 0.25) is 0 Å². The van der Waals surface area contributed by atoms with Gasteiger partial charge in [-0.1, -0.05) is 127 Å². The van der Waals surface area contributed by atoms with E-state index < -0.39 is 9.05 Å². The predicted molar refractivity (Wildman–Crippen MR) is 148 cm³/mol. The molecule has 0 amide bonds. The molecule has 0 bridgehead atoms. The van der Waals surface area contributed by atoms with Crippen molar-refractivity contribution in [1.82, 2.24) is 0 Å². The number of benzene rings is 2. The van der Waals surface area contributed by atoms with Gasteiger partial charge in [-0.3, -0.25) is 0 Å². The summed E-state index contributed by atoms with van der Waals surface area (Å²) in [6.45, 7) is 4.47. The van der Waals surface area contributed by atoms with Crippen molar-refractivity contribution in [3.05, 3.63) is 59.7 Å². The van der Waals surface area contributed by atoms with Gasteiger partial charge in [-0.25, -0.2) is 0 Å². The molecule has 0 aliphatic heterocycles. The fourth-order valence-corrected chi connectivity index (χ4v) is 5.49. The van der Waals surface area contributed by atoms with Crippen LogP contribution < -0.4 is 8.85 Å². The molecule has 0 saturated carbocycles. The van der Waals surface area contributed by atoms with Gasteiger partial charge in [-0.15, -0.1) is 0 Å². The minimum absolute atomic E-state index is 0.514. The summed E-state index contributed by atoms with van der Waals surface area (Å²) in [5, 5.41) is 0. The Bertz CT molecular complexity index is 743. The zero-order valence-corrected chi connectivity index (χ0v) is 23.1. The first-order valence-electron chi connectivity index (χ1n) is 14.0. The highest BCUT2D eigenvalue weighted by atomic mass is 28.4. The molecule has 0 fully saturated rings. The summed E-state index contributed by atoms with van der Waals surface area (Å²) in [5.41, 5.74) is 2.00. The van der Waals surface area contributed by atoms with Crippen molar-refractivity contribution in [2.24, 2.45) is 0 Å². The Hall–Kier alpha value is -1.82. The number of hydrogen-bond acceptors (Lipinski definition) is 4. The lowest BCUT2D eigenvalue weighted by Crippen LogP contribution is -2.49. The summed E-state index contributed by atoms with van der Waals surface area (Å²) < 4.78 is 11.4. The van der Waals surface area contributed by atoms with Gasteiger partial charge in [-0.2, -0.15) is 0 Å². The maximum Gasteiger partial charge on any atom is 0.815 e. The molecular weight excluding hydrogens is 452 g/mol. The fourth-order valence-electron chi connectivity index (χ4n) is 4.47. The third-order valence-electron chi connectivity index (χ3n) is 6.53. The molecule has 5 heteroatoms. The van der Waals surface area contributed by atoms with E-state index in [2.05, 4.69) is 13.8 Å². The molecule has 196 valence electrons. The molecule has 2 aromatic rings. The summed E-state index contributed by atoms with van der Waals surface area (Å²) in [6, 6.07) is 15.3. The largest absolute Gasteiger partial charge is 0.815 e. The van der Waals surface area contributed by atoms with E-state index >= 15 is 0 Å². The van der Waals surface area contributed by atoms with Crippen LogP contribution in [0.1, 0.15) is 115 Å². The first-order valence-corrected chi connectivity index (χ1v) is 15.8. The van der Waals surface area contributed by atoms with Crippen molar-refractivity contribution in [2.45, 2.75) is 117 Å². The number of para-hydroxylation sites is 2. The Labute approximate surface area is 215 Å². The SMILES string of the molecule is CCCCCCCCCc1ccccc1O[Si](O)(O)Oc1ccccc1CCCCCCCCC. The van der Waals surface area contributed by atoms with Crippen LogP contribution in [0.5, 0.6) is 11.5 Å². The molecule has 4 nitrogen and oxygen atoms in total. The van der Waals surface area contributed by atoms with Crippen LogP contribution in [0.25, 0.3) is 0 Å². The molecule has 0 atom stereocenters. The topological polar surface area (TPSA) is 58.9 Å². The average molecular weight is 501 g/mol. The first kappa shape index (κ1) is 29.4. The molecule has 0 aromatic heterocycles. The standard InChI is InChI=1S/C30H48O4Si/c1-3-5-7-9-11-13-15-21-27-23-17-19-25-29(27)33-35(31,32)34-30-26-20-18-24-28(30)22-16-14-12-10-8-6-4-2/h17-20,23-26,31-32H,3-16,21-22H2,1-2H3. The molecule has 0 aliphatic carbocycles. The average Bonchev–Trinajstić information content (AvgIpc) is 2.84. The second-order valence-electron chi connectivity index (χ2n) is 9.71. The molecule has 0 radical (unpaired) electrons. The Morgan fingerprint density at radius 2 is 0.857 bits per heavy atom. The predicted octanol–water partition coefficient (Wildman–Crippen LogP) is 8.15. The number of unbranched alkanes of at least 4 members (excludes halogenated alkanes) is 12. The minimum atomic E-state index is -4.39. The van der Waals surface area contributed by atoms with Gasteiger partial charge < -0.3 is 18.4 Å². The molecule has 2 rings (SSSR count). The minimum Gasteiger partial charge on any atom is -0.471 e. The van der Waals surface area contributed by atoms with Gasteiger partial charge in [0, 0.05) is 0 Å². The molecule has 2 N–H and O–H groups in total. The summed E-state index contributed by atoms with van der Waals surface area (Å²) in [7, 11) is -4.39. The van der Waals surface area contributed by atoms with Gasteiger partial charge in [0.15, 0.2) is 0 Å². The van der Waals surface area contributed by atoms with Gasteiger partial charge in [0.05, 0.1) is 0 Å². The monoisotopic (exact) mass is 500 g/mol. The molecule has 35 heavy (non-hydrogen) atoms. The number of aryl methyl sites for hydroxylation is 2. The van der Waals surface area contributed by atoms with Crippen LogP contribution in [-0.4, -0.2) is 18.6 Å². The third kappa shape index (κ3) is 12.6. The molecule has 0 unspecified atom stereocenters. The smallest absolute Gasteiger partial charge is 0.471 e. The Morgan fingerprint density at radius 1 is 0.514 bits per heavy atom. The van der Waals surface area contributed by atoms with Crippen LogP contribution in [-0.2, 0) is 12.8 Å². The zero-order valence-electron chi connectivity index (χ0n) is 22.1. The Morgan fingerprint density at radius 3 is 1.26 bits per heavy atom. The van der Waals surface area contributed by atoms with Crippen molar-refractivity contribution >= 4 is 9.05 Å². The van der Waals surface area contributed by atoms with Crippen LogP contribution in [0, 0.1) is 0 Å². The van der Waals surface area contributed by atoms with Crippen LogP contribution >= 0.6 is 0 Å². The van der Waals surface area contributed by atoms with E-state index in [-0.39, 0.29) is 0 Å². The Kier molecular flexibility index (Phi) is 14.8. The second-order valence-corrected chi connectivity index (χ2v) is 11.2. The van der Waals surface area contributed by atoms with E-state index in [1.807, 2.05) is 36.4 Å². The summed E-state index contributed by atoms with van der Waals surface area (Å²) in [5.74, 6) is 1.03. The molecular formula is C30H48O4Si. The third-order valence-corrected chi connectivity index (χ3v) is 7.50. The fraction of sp³-hybridized carbons (Fsp3) is 0.600. The molecule has 0 heterocycles. The van der Waals surface area contributed by atoms with Gasteiger partial charge in [0.25, 0.3) is 0 Å². The van der Waals surface area contributed by atoms with Crippen molar-refractivity contribution in [3.8, 4) is 11.5 Å². The zero-order chi connectivity index (χ0) is 25.2. The first-order chi connectivity index (χ1) is 17.1.